The lowest BCUT2D eigenvalue weighted by Gasteiger charge is -2.16. The quantitative estimate of drug-likeness (QED) is 0.454. The van der Waals surface area contributed by atoms with E-state index in [1.54, 1.807) is 13.8 Å². The second-order valence-corrected chi connectivity index (χ2v) is 4.28. The summed E-state index contributed by atoms with van der Waals surface area (Å²) in [6.45, 7) is 7.05. The number of rotatable bonds is 5. The van der Waals surface area contributed by atoms with Crippen molar-refractivity contribution < 1.29 is 13.6 Å². The summed E-state index contributed by atoms with van der Waals surface area (Å²) in [5.41, 5.74) is 0.191. The van der Waals surface area contributed by atoms with E-state index < -0.39 is 11.1 Å². The molecular weight excluding hydrogens is 226 g/mol. The van der Waals surface area contributed by atoms with Crippen LogP contribution in [0.25, 0.3) is 0 Å². The predicted molar refractivity (Wildman–Crippen MR) is 64.3 cm³/mol. The molecule has 0 aliphatic heterocycles. The van der Waals surface area contributed by atoms with Gasteiger partial charge in [0.1, 0.15) is 0 Å². The van der Waals surface area contributed by atoms with E-state index in [9.17, 15) is 13.6 Å². The maximum atomic E-state index is 11.8. The van der Waals surface area contributed by atoms with Gasteiger partial charge in [-0.2, -0.15) is 0 Å². The second-order valence-electron chi connectivity index (χ2n) is 3.37. The zero-order valence-corrected chi connectivity index (χ0v) is 10.9. The van der Waals surface area contributed by atoms with Gasteiger partial charge in [0.15, 0.2) is 0 Å². The van der Waals surface area contributed by atoms with Crippen molar-refractivity contribution >= 4 is 17.0 Å². The number of carbonyl (C=O) groups excluding carboxylic acids is 1. The van der Waals surface area contributed by atoms with E-state index in [-0.39, 0.29) is 22.4 Å². The number of allylic oxidation sites excluding steroid dienone is 2. The van der Waals surface area contributed by atoms with Gasteiger partial charge in [0.2, 0.25) is 0 Å². The van der Waals surface area contributed by atoms with Crippen LogP contribution in [0.5, 0.6) is 0 Å². The molecule has 1 N–H and O–H groups in total. The molecule has 0 aromatic carbocycles. The summed E-state index contributed by atoms with van der Waals surface area (Å²) in [6.07, 6.45) is 3.71. The molecule has 5 heteroatoms. The molecule has 0 aromatic rings. The number of amides is 1. The molecule has 2 unspecified atom stereocenters. The molecule has 2 atom stereocenters. The van der Waals surface area contributed by atoms with E-state index in [0.29, 0.717) is 0 Å². The van der Waals surface area contributed by atoms with Crippen LogP contribution in [-0.2, 0) is 15.9 Å². The lowest BCUT2D eigenvalue weighted by Crippen LogP contribution is -2.33. The highest BCUT2D eigenvalue weighted by atomic mass is 32.2. The summed E-state index contributed by atoms with van der Waals surface area (Å²) in [5, 5.41) is 2.73. The molecule has 0 radical (unpaired) electrons. The average molecular weight is 244 g/mol. The molecule has 0 spiro atoms. The molecule has 16 heavy (non-hydrogen) atoms. The Bertz CT molecular complexity index is 334. The number of nitrogens with one attached hydrogen (secondary N) is 1. The van der Waals surface area contributed by atoms with Crippen molar-refractivity contribution in [1.82, 2.24) is 5.32 Å². The number of carbonyl (C=O) groups is 1. The fourth-order valence-corrected chi connectivity index (χ4v) is 1.71. The minimum atomic E-state index is -2.39. The van der Waals surface area contributed by atoms with Crippen LogP contribution in [0.4, 0.5) is 0 Å². The summed E-state index contributed by atoms with van der Waals surface area (Å²) in [7, 11) is 0. The van der Waals surface area contributed by atoms with Crippen molar-refractivity contribution in [3.63, 3.8) is 0 Å². The lowest BCUT2D eigenvalue weighted by molar-refractivity contribution is -0.117. The summed E-state index contributed by atoms with van der Waals surface area (Å²) < 4.78 is 21.8. The molecule has 1 amide bonds. The van der Waals surface area contributed by atoms with Crippen molar-refractivity contribution in [2.45, 2.75) is 40.2 Å². The van der Waals surface area contributed by atoms with Crippen molar-refractivity contribution in [2.75, 3.05) is 0 Å². The maximum absolute atomic E-state index is 11.8. The van der Waals surface area contributed by atoms with Gasteiger partial charge in [-0.3, -0.25) is 9.00 Å². The Morgan fingerprint density at radius 3 is 2.31 bits per heavy atom. The monoisotopic (exact) mass is 244 g/mol. The van der Waals surface area contributed by atoms with E-state index in [1.807, 2.05) is 13.8 Å². The van der Waals surface area contributed by atoms with E-state index >= 15 is 0 Å². The van der Waals surface area contributed by atoms with Crippen molar-refractivity contribution in [2.24, 2.45) is 0 Å². The van der Waals surface area contributed by atoms with Crippen molar-refractivity contribution in [1.29, 1.82) is 0 Å². The van der Waals surface area contributed by atoms with E-state index in [0.717, 1.165) is 6.42 Å². The van der Waals surface area contributed by atoms with E-state index in [4.69, 9.17) is 0 Å². The van der Waals surface area contributed by atoms with Gasteiger partial charge in [0.25, 0.3) is 5.91 Å². The Balaban J connectivity index is 4.89. The van der Waals surface area contributed by atoms with Crippen LogP contribution in [0.2, 0.25) is 0 Å². The van der Waals surface area contributed by atoms with Gasteiger partial charge in [-0.15, -0.1) is 0 Å². The first-order chi connectivity index (χ1) is 7.47. The first kappa shape index (κ1) is 15.1. The molecule has 0 fully saturated rings. The van der Waals surface area contributed by atoms with Gasteiger partial charge in [-0.1, -0.05) is 19.1 Å². The molecular formula is C11H18NO3S-. The molecule has 0 aromatic heterocycles. The highest BCUT2D eigenvalue weighted by Crippen LogP contribution is 2.13. The molecule has 0 saturated carbocycles. The Morgan fingerprint density at radius 2 is 2.00 bits per heavy atom. The van der Waals surface area contributed by atoms with Crippen LogP contribution in [-0.4, -0.2) is 20.7 Å². The highest BCUT2D eigenvalue weighted by Gasteiger charge is 2.15. The summed E-state index contributed by atoms with van der Waals surface area (Å²) in [6, 6.07) is 0.0284. The first-order valence-electron chi connectivity index (χ1n) is 5.21. The van der Waals surface area contributed by atoms with Gasteiger partial charge >= 0.3 is 0 Å². The van der Waals surface area contributed by atoms with Crippen LogP contribution in [0.3, 0.4) is 0 Å². The SMILES string of the molecule is C/C=C(C(=O)NC(C)CC)\C(=C/C)S(=O)[O-]. The maximum Gasteiger partial charge on any atom is 0.252 e. The molecule has 0 rings (SSSR count). The van der Waals surface area contributed by atoms with Gasteiger partial charge < -0.3 is 9.87 Å². The summed E-state index contributed by atoms with van der Waals surface area (Å²) >= 11 is -2.39. The van der Waals surface area contributed by atoms with Crippen LogP contribution < -0.4 is 5.32 Å². The van der Waals surface area contributed by atoms with Gasteiger partial charge in [0.05, 0.1) is 0 Å². The van der Waals surface area contributed by atoms with Crippen LogP contribution in [0.1, 0.15) is 34.1 Å². The second kappa shape index (κ2) is 7.35. The zero-order valence-electron chi connectivity index (χ0n) is 10.1. The zero-order chi connectivity index (χ0) is 12.7. The minimum Gasteiger partial charge on any atom is -0.768 e. The standard InChI is InChI=1S/C11H19NO3S/c1-5-8(4)12-11(13)9(6-2)10(7-3)16(14)15/h6-8H,5H2,1-4H3,(H,12,13)(H,14,15)/p-1/b9-6+,10-7+. The van der Waals surface area contributed by atoms with Gasteiger partial charge in [-0.25, -0.2) is 0 Å². The average Bonchev–Trinajstić information content (AvgIpc) is 2.24. The van der Waals surface area contributed by atoms with E-state index in [1.165, 1.54) is 12.2 Å². The minimum absolute atomic E-state index is 0.0284. The molecule has 0 heterocycles. The van der Waals surface area contributed by atoms with Crippen LogP contribution >= 0.6 is 0 Å². The van der Waals surface area contributed by atoms with Gasteiger partial charge in [-0.05, 0) is 38.3 Å². The Labute approximate surface area is 99.1 Å². The van der Waals surface area contributed by atoms with Crippen LogP contribution in [0.15, 0.2) is 22.6 Å². The molecule has 0 saturated heterocycles. The summed E-state index contributed by atoms with van der Waals surface area (Å²) in [4.78, 5) is 11.8. The molecule has 0 aliphatic carbocycles. The fraction of sp³-hybridized carbons (Fsp3) is 0.545. The topological polar surface area (TPSA) is 69.2 Å². The summed E-state index contributed by atoms with van der Waals surface area (Å²) in [5.74, 6) is -0.353. The van der Waals surface area contributed by atoms with E-state index in [2.05, 4.69) is 5.32 Å². The largest absolute Gasteiger partial charge is 0.768 e. The fourth-order valence-electron chi connectivity index (χ4n) is 1.13. The number of hydrogen-bond donors (Lipinski definition) is 1. The molecule has 0 bridgehead atoms. The van der Waals surface area contributed by atoms with Gasteiger partial charge in [0, 0.05) is 16.5 Å². The molecule has 0 aliphatic rings. The first-order valence-corrected chi connectivity index (χ1v) is 6.28. The lowest BCUT2D eigenvalue weighted by atomic mass is 10.2. The predicted octanol–water partition coefficient (Wildman–Crippen LogP) is 1.63. The smallest absolute Gasteiger partial charge is 0.252 e. The van der Waals surface area contributed by atoms with Crippen molar-refractivity contribution in [3.8, 4) is 0 Å². The Morgan fingerprint density at radius 1 is 1.44 bits per heavy atom. The number of hydrogen-bond acceptors (Lipinski definition) is 3. The molecule has 92 valence electrons. The normalized spacial score (nSPS) is 16.8. The Kier molecular flexibility index (Phi) is 6.92. The van der Waals surface area contributed by atoms with Crippen LogP contribution in [0, 0.1) is 0 Å². The highest BCUT2D eigenvalue weighted by molar-refractivity contribution is 7.83. The third-order valence-corrected chi connectivity index (χ3v) is 3.05. The third kappa shape index (κ3) is 4.28. The Hall–Kier alpha value is -0.940. The third-order valence-electron chi connectivity index (χ3n) is 2.23. The molecule has 4 nitrogen and oxygen atoms in total. The van der Waals surface area contributed by atoms with Crippen molar-refractivity contribution in [3.05, 3.63) is 22.6 Å².